The van der Waals surface area contributed by atoms with Gasteiger partial charge in [0.25, 0.3) is 0 Å². The Hall–Kier alpha value is -3.54. The Morgan fingerprint density at radius 3 is 2.56 bits per heavy atom. The smallest absolute Gasteiger partial charge is 0.346 e. The highest BCUT2D eigenvalue weighted by atomic mass is 16.6. The lowest BCUT2D eigenvalue weighted by Crippen LogP contribution is -2.25. The number of nitrogens with zero attached hydrogens (tertiary/aromatic N) is 3. The number of hydrogen-bond donors (Lipinski definition) is 2. The van der Waals surface area contributed by atoms with E-state index in [2.05, 4.69) is 14.7 Å². The average molecular weight is 343 g/mol. The number of carbonyl (C=O) groups is 1. The highest BCUT2D eigenvalue weighted by molar-refractivity contribution is 5.76. The number of ether oxygens (including phenoxy) is 3. The summed E-state index contributed by atoms with van der Waals surface area (Å²) < 4.78 is 15.4. The molecular weight excluding hydrogens is 326 g/mol. The van der Waals surface area contributed by atoms with E-state index >= 15 is 0 Å². The molecule has 1 heterocycles. The molecule has 130 valence electrons. The van der Waals surface area contributed by atoms with Crippen LogP contribution in [0.25, 0.3) is 11.3 Å². The van der Waals surface area contributed by atoms with Crippen LogP contribution in [0.1, 0.15) is 12.5 Å². The second-order valence-electron chi connectivity index (χ2n) is 4.95. The van der Waals surface area contributed by atoms with E-state index in [1.165, 1.54) is 14.2 Å². The van der Waals surface area contributed by atoms with E-state index in [1.807, 2.05) is 6.07 Å². The van der Waals surface area contributed by atoms with Gasteiger partial charge in [0.05, 0.1) is 19.9 Å². The van der Waals surface area contributed by atoms with Crippen molar-refractivity contribution >= 4 is 17.7 Å². The molecule has 1 aromatic carbocycles. The first-order chi connectivity index (χ1) is 11.9. The van der Waals surface area contributed by atoms with Gasteiger partial charge in [-0.1, -0.05) is 0 Å². The number of nitrogen functional groups attached to an aromatic ring is 2. The Labute approximate surface area is 144 Å². The molecule has 1 aromatic heterocycles. The molecule has 0 radical (unpaired) electrons. The lowest BCUT2D eigenvalue weighted by Gasteiger charge is -2.16. The molecule has 2 rings (SSSR count). The van der Waals surface area contributed by atoms with Crippen LogP contribution in [0.2, 0.25) is 0 Å². The van der Waals surface area contributed by atoms with Crippen LogP contribution in [0.15, 0.2) is 18.2 Å². The van der Waals surface area contributed by atoms with Gasteiger partial charge in [0.15, 0.2) is 17.6 Å². The highest BCUT2D eigenvalue weighted by Gasteiger charge is 2.19. The summed E-state index contributed by atoms with van der Waals surface area (Å²) in [4.78, 5) is 19.3. The normalized spacial score (nSPS) is 11.3. The van der Waals surface area contributed by atoms with Gasteiger partial charge in [-0.25, -0.2) is 9.78 Å². The summed E-state index contributed by atoms with van der Waals surface area (Å²) in [6, 6.07) is 6.79. The van der Waals surface area contributed by atoms with Crippen molar-refractivity contribution in [2.45, 2.75) is 13.0 Å². The van der Waals surface area contributed by atoms with E-state index in [1.54, 1.807) is 25.1 Å². The van der Waals surface area contributed by atoms with Crippen molar-refractivity contribution in [1.82, 2.24) is 9.97 Å². The first-order valence-corrected chi connectivity index (χ1v) is 7.17. The molecule has 0 amide bonds. The van der Waals surface area contributed by atoms with Crippen LogP contribution >= 0.6 is 0 Å². The van der Waals surface area contributed by atoms with Crippen LogP contribution in [0.4, 0.5) is 11.8 Å². The molecule has 1 unspecified atom stereocenters. The minimum absolute atomic E-state index is 0.0105. The van der Waals surface area contributed by atoms with E-state index in [9.17, 15) is 10.1 Å². The zero-order chi connectivity index (χ0) is 18.6. The van der Waals surface area contributed by atoms with Crippen molar-refractivity contribution < 1.29 is 19.0 Å². The third kappa shape index (κ3) is 3.69. The molecule has 2 aromatic rings. The number of hydrogen-bond acceptors (Lipinski definition) is 9. The molecule has 0 fully saturated rings. The van der Waals surface area contributed by atoms with Crippen molar-refractivity contribution in [2.75, 3.05) is 25.7 Å². The molecule has 0 spiro atoms. The van der Waals surface area contributed by atoms with Crippen LogP contribution in [0.5, 0.6) is 11.5 Å². The molecule has 9 nitrogen and oxygen atoms in total. The van der Waals surface area contributed by atoms with Gasteiger partial charge >= 0.3 is 5.97 Å². The van der Waals surface area contributed by atoms with E-state index in [-0.39, 0.29) is 23.0 Å². The number of benzene rings is 1. The number of carbonyl (C=O) groups excluding carboxylic acids is 1. The maximum atomic E-state index is 11.5. The molecule has 4 N–H and O–H groups in total. The Kier molecular flexibility index (Phi) is 5.24. The predicted molar refractivity (Wildman–Crippen MR) is 89.7 cm³/mol. The van der Waals surface area contributed by atoms with Crippen molar-refractivity contribution in [3.63, 3.8) is 0 Å². The predicted octanol–water partition coefficient (Wildman–Crippen LogP) is 1.13. The van der Waals surface area contributed by atoms with Gasteiger partial charge in [-0.05, 0) is 25.1 Å². The summed E-state index contributed by atoms with van der Waals surface area (Å²) in [6.45, 7) is 1.55. The summed E-state index contributed by atoms with van der Waals surface area (Å²) in [5, 5.41) is 9.28. The van der Waals surface area contributed by atoms with Crippen LogP contribution in [0, 0.1) is 11.3 Å². The number of esters is 1. The van der Waals surface area contributed by atoms with Crippen molar-refractivity contribution in [2.24, 2.45) is 0 Å². The van der Waals surface area contributed by atoms with E-state index in [0.717, 1.165) is 0 Å². The van der Waals surface area contributed by atoms with E-state index < -0.39 is 12.1 Å². The summed E-state index contributed by atoms with van der Waals surface area (Å²) >= 11 is 0. The van der Waals surface area contributed by atoms with Crippen LogP contribution in [-0.2, 0) is 9.53 Å². The zero-order valence-corrected chi connectivity index (χ0v) is 13.9. The molecule has 0 aliphatic heterocycles. The second kappa shape index (κ2) is 7.35. The van der Waals surface area contributed by atoms with Gasteiger partial charge in [-0.15, -0.1) is 0 Å². The number of rotatable bonds is 5. The van der Waals surface area contributed by atoms with Gasteiger partial charge < -0.3 is 25.7 Å². The van der Waals surface area contributed by atoms with Gasteiger partial charge in [-0.2, -0.15) is 10.2 Å². The standard InChI is InChI=1S/C16H17N5O4/c1-8(15(22)24-3)25-11-5-4-9(6-12(11)23-2)13-10(7-17)14(18)21-16(19)20-13/h4-6,8H,1-3H3,(H4,18,19,20,21). The maximum Gasteiger partial charge on any atom is 0.346 e. The van der Waals surface area contributed by atoms with Gasteiger partial charge in [0, 0.05) is 5.56 Å². The zero-order valence-electron chi connectivity index (χ0n) is 13.9. The minimum Gasteiger partial charge on any atom is -0.493 e. The molecule has 1 atom stereocenters. The lowest BCUT2D eigenvalue weighted by molar-refractivity contribution is -0.147. The first-order valence-electron chi connectivity index (χ1n) is 7.17. The maximum absolute atomic E-state index is 11.5. The third-order valence-electron chi connectivity index (χ3n) is 3.34. The van der Waals surface area contributed by atoms with Crippen LogP contribution < -0.4 is 20.9 Å². The SMILES string of the molecule is COC(=O)C(C)Oc1ccc(-c2nc(N)nc(N)c2C#N)cc1OC. The summed E-state index contributed by atoms with van der Waals surface area (Å²) in [6.07, 6.45) is -0.815. The molecule has 0 saturated carbocycles. The number of nitrogens with two attached hydrogens (primary N) is 2. The fraction of sp³-hybridized carbons (Fsp3) is 0.250. The summed E-state index contributed by atoms with van der Waals surface area (Å²) in [5.74, 6) is 0.0912. The Balaban J connectivity index is 2.47. The molecule has 25 heavy (non-hydrogen) atoms. The third-order valence-corrected chi connectivity index (χ3v) is 3.34. The first kappa shape index (κ1) is 17.8. The molecule has 9 heteroatoms. The quantitative estimate of drug-likeness (QED) is 0.762. The second-order valence-corrected chi connectivity index (χ2v) is 4.95. The number of aromatic nitrogens is 2. The topological polar surface area (TPSA) is 146 Å². The van der Waals surface area contributed by atoms with Gasteiger partial charge in [0.2, 0.25) is 5.95 Å². The molecule has 0 saturated heterocycles. The molecule has 0 bridgehead atoms. The lowest BCUT2D eigenvalue weighted by atomic mass is 10.1. The Morgan fingerprint density at radius 2 is 1.96 bits per heavy atom. The highest BCUT2D eigenvalue weighted by Crippen LogP contribution is 2.34. The monoisotopic (exact) mass is 343 g/mol. The van der Waals surface area contributed by atoms with Crippen LogP contribution in [-0.4, -0.2) is 36.3 Å². The Morgan fingerprint density at radius 1 is 1.24 bits per heavy atom. The molecule has 0 aliphatic carbocycles. The Bertz CT molecular complexity index is 847. The van der Waals surface area contributed by atoms with Crippen molar-refractivity contribution in [3.05, 3.63) is 23.8 Å². The van der Waals surface area contributed by atoms with Crippen molar-refractivity contribution in [1.29, 1.82) is 5.26 Å². The van der Waals surface area contributed by atoms with E-state index in [0.29, 0.717) is 17.1 Å². The average Bonchev–Trinajstić information content (AvgIpc) is 2.60. The van der Waals surface area contributed by atoms with E-state index in [4.69, 9.17) is 20.9 Å². The number of methoxy groups -OCH3 is 2. The fourth-order valence-corrected chi connectivity index (χ4v) is 2.13. The van der Waals surface area contributed by atoms with Gasteiger partial charge in [-0.3, -0.25) is 0 Å². The van der Waals surface area contributed by atoms with Crippen LogP contribution in [0.3, 0.4) is 0 Å². The minimum atomic E-state index is -0.815. The summed E-state index contributed by atoms with van der Waals surface area (Å²) in [5.41, 5.74) is 12.3. The molecule has 0 aliphatic rings. The largest absolute Gasteiger partial charge is 0.493 e. The van der Waals surface area contributed by atoms with Gasteiger partial charge in [0.1, 0.15) is 17.5 Å². The number of anilines is 2. The number of nitriles is 1. The molecular formula is C16H17N5O4. The van der Waals surface area contributed by atoms with Crippen molar-refractivity contribution in [3.8, 4) is 28.8 Å². The fourth-order valence-electron chi connectivity index (χ4n) is 2.13. The summed E-state index contributed by atoms with van der Waals surface area (Å²) in [7, 11) is 2.72.